The number of nitrogen functional groups attached to an aromatic ring is 1. The minimum Gasteiger partial charge on any atom is -0.398 e. The van der Waals surface area contributed by atoms with E-state index >= 15 is 0 Å². The van der Waals surface area contributed by atoms with Crippen LogP contribution in [0.15, 0.2) is 16.6 Å². The highest BCUT2D eigenvalue weighted by molar-refractivity contribution is 9.10. The summed E-state index contributed by atoms with van der Waals surface area (Å²) in [5.41, 5.74) is 6.16. The highest BCUT2D eigenvalue weighted by Crippen LogP contribution is 2.22. The van der Waals surface area contributed by atoms with Crippen LogP contribution >= 0.6 is 27.7 Å². The van der Waals surface area contributed by atoms with Gasteiger partial charge in [-0.3, -0.25) is 4.79 Å². The van der Waals surface area contributed by atoms with Crippen molar-refractivity contribution < 1.29 is 9.18 Å². The SMILES string of the molecule is CCC(CSC)NC(=O)c1cc(F)c(Br)cc1N. The van der Waals surface area contributed by atoms with Gasteiger partial charge in [-0.1, -0.05) is 6.92 Å². The van der Waals surface area contributed by atoms with Gasteiger partial charge in [0, 0.05) is 17.5 Å². The number of halogens is 2. The minimum absolute atomic E-state index is 0.0682. The zero-order valence-corrected chi connectivity index (χ0v) is 12.7. The van der Waals surface area contributed by atoms with E-state index in [-0.39, 0.29) is 27.7 Å². The van der Waals surface area contributed by atoms with Gasteiger partial charge in [-0.05, 0) is 40.7 Å². The Kier molecular flexibility index (Phi) is 5.95. The topological polar surface area (TPSA) is 55.1 Å². The van der Waals surface area contributed by atoms with Gasteiger partial charge in [0.15, 0.2) is 0 Å². The maximum atomic E-state index is 13.4. The van der Waals surface area contributed by atoms with Crippen LogP contribution in [0.25, 0.3) is 0 Å². The van der Waals surface area contributed by atoms with E-state index in [1.165, 1.54) is 6.07 Å². The summed E-state index contributed by atoms with van der Waals surface area (Å²) in [7, 11) is 0. The number of carbonyl (C=O) groups excluding carboxylic acids is 1. The molecule has 0 aliphatic carbocycles. The Balaban J connectivity index is 2.87. The van der Waals surface area contributed by atoms with Crippen LogP contribution in [0.5, 0.6) is 0 Å². The fourth-order valence-corrected chi connectivity index (χ4v) is 2.57. The third-order valence-corrected chi connectivity index (χ3v) is 3.88. The summed E-state index contributed by atoms with van der Waals surface area (Å²) in [6.07, 6.45) is 2.80. The number of benzene rings is 1. The second-order valence-electron chi connectivity index (χ2n) is 3.89. The Morgan fingerprint density at radius 1 is 1.61 bits per heavy atom. The molecule has 0 radical (unpaired) electrons. The van der Waals surface area contributed by atoms with Gasteiger partial charge in [-0.2, -0.15) is 11.8 Å². The summed E-state index contributed by atoms with van der Waals surface area (Å²) < 4.78 is 13.7. The number of hydrogen-bond acceptors (Lipinski definition) is 3. The Bertz CT molecular complexity index is 442. The largest absolute Gasteiger partial charge is 0.398 e. The molecule has 0 bridgehead atoms. The van der Waals surface area contributed by atoms with Crippen molar-refractivity contribution in [3.63, 3.8) is 0 Å². The number of nitrogens with two attached hydrogens (primary N) is 1. The van der Waals surface area contributed by atoms with Gasteiger partial charge in [0.2, 0.25) is 0 Å². The number of anilines is 1. The lowest BCUT2D eigenvalue weighted by molar-refractivity contribution is 0.0940. The molecule has 1 rings (SSSR count). The number of carbonyl (C=O) groups is 1. The third kappa shape index (κ3) is 3.88. The quantitative estimate of drug-likeness (QED) is 0.813. The van der Waals surface area contributed by atoms with Crippen LogP contribution in [0.1, 0.15) is 23.7 Å². The Labute approximate surface area is 119 Å². The molecule has 1 atom stereocenters. The number of thioether (sulfide) groups is 1. The molecule has 0 saturated carbocycles. The van der Waals surface area contributed by atoms with Crippen molar-refractivity contribution in [3.05, 3.63) is 28.0 Å². The first-order valence-corrected chi connectivity index (χ1v) is 7.72. The molecule has 3 nitrogen and oxygen atoms in total. The summed E-state index contributed by atoms with van der Waals surface area (Å²) in [5, 5.41) is 2.85. The predicted molar refractivity (Wildman–Crippen MR) is 78.4 cm³/mol. The van der Waals surface area contributed by atoms with E-state index in [1.807, 2.05) is 13.2 Å². The number of amides is 1. The van der Waals surface area contributed by atoms with Crippen LogP contribution < -0.4 is 11.1 Å². The second kappa shape index (κ2) is 6.99. The molecule has 18 heavy (non-hydrogen) atoms. The van der Waals surface area contributed by atoms with E-state index in [1.54, 1.807) is 11.8 Å². The Hall–Kier alpha value is -0.750. The van der Waals surface area contributed by atoms with Gasteiger partial charge in [0.25, 0.3) is 5.91 Å². The van der Waals surface area contributed by atoms with E-state index in [2.05, 4.69) is 21.2 Å². The van der Waals surface area contributed by atoms with Gasteiger partial charge in [0.1, 0.15) is 5.82 Å². The van der Waals surface area contributed by atoms with Crippen LogP contribution in [-0.4, -0.2) is 24.0 Å². The smallest absolute Gasteiger partial charge is 0.253 e. The summed E-state index contributed by atoms with van der Waals surface area (Å²) in [5.74, 6) is -0.00620. The van der Waals surface area contributed by atoms with Crippen LogP contribution in [0.3, 0.4) is 0 Å². The minimum atomic E-state index is -0.493. The monoisotopic (exact) mass is 334 g/mol. The summed E-state index contributed by atoms with van der Waals surface area (Å²) in [6, 6.07) is 2.62. The van der Waals surface area contributed by atoms with Crippen molar-refractivity contribution in [1.29, 1.82) is 0 Å². The molecule has 1 unspecified atom stereocenters. The van der Waals surface area contributed by atoms with Crippen molar-refractivity contribution >= 4 is 39.3 Å². The molecule has 3 N–H and O–H groups in total. The van der Waals surface area contributed by atoms with Crippen molar-refractivity contribution in [2.24, 2.45) is 0 Å². The van der Waals surface area contributed by atoms with Crippen molar-refractivity contribution in [2.45, 2.75) is 19.4 Å². The van der Waals surface area contributed by atoms with E-state index < -0.39 is 5.82 Å². The number of hydrogen-bond donors (Lipinski definition) is 2. The number of nitrogens with one attached hydrogen (secondary N) is 1. The van der Waals surface area contributed by atoms with E-state index in [4.69, 9.17) is 5.73 Å². The summed E-state index contributed by atoms with van der Waals surface area (Å²) in [6.45, 7) is 1.99. The van der Waals surface area contributed by atoms with E-state index in [0.29, 0.717) is 0 Å². The van der Waals surface area contributed by atoms with Gasteiger partial charge >= 0.3 is 0 Å². The molecule has 0 spiro atoms. The maximum absolute atomic E-state index is 13.4. The highest BCUT2D eigenvalue weighted by Gasteiger charge is 2.16. The fraction of sp³-hybridized carbons (Fsp3) is 0.417. The lowest BCUT2D eigenvalue weighted by Crippen LogP contribution is -2.36. The zero-order valence-electron chi connectivity index (χ0n) is 10.3. The molecule has 1 amide bonds. The molecule has 0 saturated heterocycles. The Morgan fingerprint density at radius 2 is 2.28 bits per heavy atom. The van der Waals surface area contributed by atoms with Gasteiger partial charge in [-0.25, -0.2) is 4.39 Å². The molecular weight excluding hydrogens is 319 g/mol. The molecule has 0 fully saturated rings. The molecular formula is C12H16BrFN2OS. The lowest BCUT2D eigenvalue weighted by Gasteiger charge is -2.16. The van der Waals surface area contributed by atoms with Crippen molar-refractivity contribution in [2.75, 3.05) is 17.7 Å². The highest BCUT2D eigenvalue weighted by atomic mass is 79.9. The van der Waals surface area contributed by atoms with Gasteiger partial charge in [0.05, 0.1) is 10.0 Å². The average molecular weight is 335 g/mol. The summed E-state index contributed by atoms with van der Waals surface area (Å²) in [4.78, 5) is 12.0. The van der Waals surface area contributed by atoms with Crippen molar-refractivity contribution in [1.82, 2.24) is 5.32 Å². The van der Waals surface area contributed by atoms with Crippen LogP contribution in [0.4, 0.5) is 10.1 Å². The first kappa shape index (κ1) is 15.3. The third-order valence-electron chi connectivity index (χ3n) is 2.53. The van der Waals surface area contributed by atoms with E-state index in [0.717, 1.165) is 18.2 Å². The normalized spacial score (nSPS) is 12.2. The molecule has 100 valence electrons. The van der Waals surface area contributed by atoms with Crippen molar-refractivity contribution in [3.8, 4) is 0 Å². The molecule has 0 aliphatic rings. The Morgan fingerprint density at radius 3 is 2.83 bits per heavy atom. The zero-order chi connectivity index (χ0) is 13.7. The van der Waals surface area contributed by atoms with Crippen LogP contribution in [-0.2, 0) is 0 Å². The predicted octanol–water partition coefficient (Wildman–Crippen LogP) is 3.04. The molecule has 0 aliphatic heterocycles. The molecule has 6 heteroatoms. The average Bonchev–Trinajstić information content (AvgIpc) is 2.33. The first-order valence-electron chi connectivity index (χ1n) is 5.53. The molecule has 1 aromatic rings. The first-order chi connectivity index (χ1) is 8.49. The molecule has 1 aromatic carbocycles. The molecule has 0 heterocycles. The second-order valence-corrected chi connectivity index (χ2v) is 5.65. The lowest BCUT2D eigenvalue weighted by atomic mass is 10.1. The fourth-order valence-electron chi connectivity index (χ4n) is 1.48. The number of rotatable bonds is 5. The maximum Gasteiger partial charge on any atom is 0.253 e. The van der Waals surface area contributed by atoms with Crippen LogP contribution in [0, 0.1) is 5.82 Å². The summed E-state index contributed by atoms with van der Waals surface area (Å²) >= 11 is 4.68. The standard InChI is InChI=1S/C12H16BrFN2OS/c1-3-7(6-18-2)16-12(17)8-4-10(14)9(13)5-11(8)15/h4-5,7H,3,6,15H2,1-2H3,(H,16,17). The molecule has 0 aromatic heterocycles. The van der Waals surface area contributed by atoms with Gasteiger partial charge < -0.3 is 11.1 Å². The van der Waals surface area contributed by atoms with E-state index in [9.17, 15) is 9.18 Å². The van der Waals surface area contributed by atoms with Crippen LogP contribution in [0.2, 0.25) is 0 Å². The van der Waals surface area contributed by atoms with Gasteiger partial charge in [-0.15, -0.1) is 0 Å².